The van der Waals surface area contributed by atoms with Gasteiger partial charge in [0.05, 0.1) is 19.9 Å². The third-order valence-corrected chi connectivity index (χ3v) is 5.75. The Morgan fingerprint density at radius 1 is 1.10 bits per heavy atom. The Balaban J connectivity index is 1.49. The molecule has 6 nitrogen and oxygen atoms in total. The van der Waals surface area contributed by atoms with E-state index in [-0.39, 0.29) is 11.6 Å². The number of ether oxygens (including phenoxy) is 2. The number of aromatic nitrogens is 3. The minimum absolute atomic E-state index is 0.103. The number of hydrogen-bond acceptors (Lipinski definition) is 5. The largest absolute Gasteiger partial charge is 0.493 e. The maximum Gasteiger partial charge on any atom is 0.433 e. The van der Waals surface area contributed by atoms with Crippen LogP contribution in [0.25, 0.3) is 5.65 Å². The molecule has 0 aliphatic carbocycles. The van der Waals surface area contributed by atoms with Gasteiger partial charge in [-0.15, -0.1) is 0 Å². The second-order valence-electron chi connectivity index (χ2n) is 7.82. The van der Waals surface area contributed by atoms with E-state index in [4.69, 9.17) is 9.47 Å². The molecule has 4 rings (SSSR count). The smallest absolute Gasteiger partial charge is 0.433 e. The Kier molecular flexibility index (Phi) is 5.79. The van der Waals surface area contributed by atoms with Crippen LogP contribution in [0.4, 0.5) is 13.2 Å². The summed E-state index contributed by atoms with van der Waals surface area (Å²) in [5.74, 6) is 1.53. The van der Waals surface area contributed by atoms with Crippen molar-refractivity contribution in [3.63, 3.8) is 0 Å². The summed E-state index contributed by atoms with van der Waals surface area (Å²) >= 11 is 0. The van der Waals surface area contributed by atoms with Crippen LogP contribution < -0.4 is 9.47 Å². The van der Waals surface area contributed by atoms with Gasteiger partial charge in [0.25, 0.3) is 0 Å². The molecule has 0 saturated carbocycles. The molecule has 0 spiro atoms. The first-order chi connectivity index (χ1) is 14.8. The summed E-state index contributed by atoms with van der Waals surface area (Å²) in [4.78, 5) is 6.55. The number of rotatable bonds is 5. The summed E-state index contributed by atoms with van der Waals surface area (Å²) in [5, 5.41) is 4.28. The predicted molar refractivity (Wildman–Crippen MR) is 110 cm³/mol. The number of halogens is 3. The van der Waals surface area contributed by atoms with Gasteiger partial charge in [0.15, 0.2) is 17.1 Å². The average molecular weight is 434 g/mol. The van der Waals surface area contributed by atoms with Gasteiger partial charge >= 0.3 is 6.18 Å². The van der Waals surface area contributed by atoms with Gasteiger partial charge in [0, 0.05) is 29.8 Å². The molecule has 0 radical (unpaired) electrons. The second-order valence-corrected chi connectivity index (χ2v) is 7.82. The van der Waals surface area contributed by atoms with Crippen LogP contribution in [0.2, 0.25) is 0 Å². The maximum absolute atomic E-state index is 13.4. The molecule has 1 saturated heterocycles. The van der Waals surface area contributed by atoms with Crippen molar-refractivity contribution in [3.8, 4) is 11.5 Å². The Labute approximate surface area is 178 Å². The molecular weight excluding hydrogens is 409 g/mol. The molecule has 9 heteroatoms. The van der Waals surface area contributed by atoms with Crippen LogP contribution in [0.5, 0.6) is 11.5 Å². The van der Waals surface area contributed by atoms with Gasteiger partial charge in [-0.3, -0.25) is 4.90 Å². The number of fused-ring (bicyclic) bond motifs is 1. The Hall–Kier alpha value is -2.81. The minimum atomic E-state index is -4.48. The van der Waals surface area contributed by atoms with E-state index >= 15 is 0 Å². The lowest BCUT2D eigenvalue weighted by Gasteiger charge is -2.31. The number of likely N-dealkylation sites (tertiary alicyclic amines) is 1. The van der Waals surface area contributed by atoms with E-state index in [1.54, 1.807) is 27.2 Å². The highest BCUT2D eigenvalue weighted by atomic mass is 19.4. The van der Waals surface area contributed by atoms with E-state index in [1.165, 1.54) is 0 Å². The zero-order chi connectivity index (χ0) is 22.2. The number of methoxy groups -OCH3 is 2. The molecule has 0 atom stereocenters. The third-order valence-electron chi connectivity index (χ3n) is 5.75. The van der Waals surface area contributed by atoms with Gasteiger partial charge < -0.3 is 9.47 Å². The fourth-order valence-corrected chi connectivity index (χ4v) is 4.23. The molecule has 0 bridgehead atoms. The molecule has 166 valence electrons. The van der Waals surface area contributed by atoms with E-state index in [2.05, 4.69) is 15.0 Å². The third kappa shape index (κ3) is 4.32. The van der Waals surface area contributed by atoms with Crippen LogP contribution in [0.1, 0.15) is 41.4 Å². The highest BCUT2D eigenvalue weighted by Crippen LogP contribution is 2.35. The number of para-hydroxylation sites is 1. The summed E-state index contributed by atoms with van der Waals surface area (Å²) in [6.07, 6.45) is -2.85. The molecule has 2 aromatic heterocycles. The molecule has 3 aromatic rings. The minimum Gasteiger partial charge on any atom is -0.493 e. The molecule has 31 heavy (non-hydrogen) atoms. The van der Waals surface area contributed by atoms with E-state index in [9.17, 15) is 13.2 Å². The normalized spacial score (nSPS) is 16.1. The number of piperidine rings is 1. The van der Waals surface area contributed by atoms with Crippen molar-refractivity contribution in [3.05, 3.63) is 53.0 Å². The quantitative estimate of drug-likeness (QED) is 0.594. The number of hydrogen-bond donors (Lipinski definition) is 0. The lowest BCUT2D eigenvalue weighted by Crippen LogP contribution is -2.32. The van der Waals surface area contributed by atoms with Gasteiger partial charge in [-0.2, -0.15) is 18.3 Å². The van der Waals surface area contributed by atoms with E-state index in [0.717, 1.165) is 54.4 Å². The van der Waals surface area contributed by atoms with Crippen LogP contribution in [0, 0.1) is 6.92 Å². The van der Waals surface area contributed by atoms with Crippen molar-refractivity contribution in [2.45, 2.75) is 38.4 Å². The second kappa shape index (κ2) is 8.37. The van der Waals surface area contributed by atoms with Crippen LogP contribution in [-0.4, -0.2) is 46.8 Å². The molecule has 0 amide bonds. The first-order valence-electron chi connectivity index (χ1n) is 10.2. The zero-order valence-electron chi connectivity index (χ0n) is 17.7. The summed E-state index contributed by atoms with van der Waals surface area (Å²) in [6.45, 7) is 3.92. The first-order valence-corrected chi connectivity index (χ1v) is 10.2. The molecule has 1 aliphatic heterocycles. The van der Waals surface area contributed by atoms with Crippen molar-refractivity contribution in [1.29, 1.82) is 0 Å². The molecule has 1 fully saturated rings. The lowest BCUT2D eigenvalue weighted by atomic mass is 9.93. The summed E-state index contributed by atoms with van der Waals surface area (Å²) in [7, 11) is 3.24. The number of alkyl halides is 3. The average Bonchev–Trinajstić information content (AvgIpc) is 3.16. The van der Waals surface area contributed by atoms with Crippen molar-refractivity contribution >= 4 is 5.65 Å². The fourth-order valence-electron chi connectivity index (χ4n) is 4.23. The fraction of sp³-hybridized carbons (Fsp3) is 0.455. The molecule has 0 unspecified atom stereocenters. The van der Waals surface area contributed by atoms with Gasteiger partial charge in [0.2, 0.25) is 0 Å². The van der Waals surface area contributed by atoms with Crippen molar-refractivity contribution < 1.29 is 22.6 Å². The van der Waals surface area contributed by atoms with E-state index in [1.807, 2.05) is 18.2 Å². The van der Waals surface area contributed by atoms with Gasteiger partial charge in [0.1, 0.15) is 5.69 Å². The molecular formula is C22H25F3N4O2. The van der Waals surface area contributed by atoms with Crippen molar-refractivity contribution in [1.82, 2.24) is 19.5 Å². The summed E-state index contributed by atoms with van der Waals surface area (Å²) in [6, 6.07) is 8.54. The number of nitrogens with zero attached hydrogens (tertiary/aromatic N) is 4. The summed E-state index contributed by atoms with van der Waals surface area (Å²) < 4.78 is 52.0. The van der Waals surface area contributed by atoms with Crippen LogP contribution >= 0.6 is 0 Å². The number of benzene rings is 1. The Morgan fingerprint density at radius 2 is 1.84 bits per heavy atom. The van der Waals surface area contributed by atoms with Crippen LogP contribution in [0.3, 0.4) is 0 Å². The van der Waals surface area contributed by atoms with Crippen molar-refractivity contribution in [2.75, 3.05) is 27.3 Å². The summed E-state index contributed by atoms with van der Waals surface area (Å²) in [5.41, 5.74) is 1.49. The topological polar surface area (TPSA) is 51.9 Å². The standard InChI is InChI=1S/C22H25F3N4O2/c1-14-11-19(22(23,24)25)29-20(26-14)12-17(27-29)15-7-9-28(10-8-15)13-16-5-4-6-18(30-2)21(16)31-3/h4-6,11-12,15H,7-10,13H2,1-3H3. The van der Waals surface area contributed by atoms with Crippen LogP contribution in [-0.2, 0) is 12.7 Å². The predicted octanol–water partition coefficient (Wildman–Crippen LogP) is 4.45. The highest BCUT2D eigenvalue weighted by Gasteiger charge is 2.35. The number of aryl methyl sites for hydroxylation is 1. The maximum atomic E-state index is 13.4. The first kappa shape index (κ1) is 21.4. The van der Waals surface area contributed by atoms with Gasteiger partial charge in [-0.25, -0.2) is 9.50 Å². The Morgan fingerprint density at radius 3 is 2.48 bits per heavy atom. The molecule has 0 N–H and O–H groups in total. The molecule has 1 aromatic carbocycles. The van der Waals surface area contributed by atoms with E-state index < -0.39 is 11.9 Å². The Bertz CT molecular complexity index is 1070. The zero-order valence-corrected chi connectivity index (χ0v) is 17.7. The highest BCUT2D eigenvalue weighted by molar-refractivity contribution is 5.46. The molecule has 1 aliphatic rings. The molecule has 3 heterocycles. The van der Waals surface area contributed by atoms with Crippen LogP contribution in [0.15, 0.2) is 30.3 Å². The monoisotopic (exact) mass is 434 g/mol. The lowest BCUT2D eigenvalue weighted by molar-refractivity contribution is -0.142. The SMILES string of the molecule is COc1cccc(CN2CCC(c3cc4nc(C)cc(C(F)(F)F)n4n3)CC2)c1OC. The van der Waals surface area contributed by atoms with Crippen molar-refractivity contribution in [2.24, 2.45) is 0 Å². The van der Waals surface area contributed by atoms with Gasteiger partial charge in [-0.05, 0) is 45.0 Å². The van der Waals surface area contributed by atoms with E-state index in [0.29, 0.717) is 17.1 Å². The van der Waals surface area contributed by atoms with Gasteiger partial charge in [-0.1, -0.05) is 12.1 Å².